The molecule has 23 heavy (non-hydrogen) atoms. The molecule has 0 saturated heterocycles. The topological polar surface area (TPSA) is 59.8 Å². The Morgan fingerprint density at radius 3 is 2.96 bits per heavy atom. The van der Waals surface area contributed by atoms with Gasteiger partial charge in [0.05, 0.1) is 17.6 Å². The van der Waals surface area contributed by atoms with E-state index in [-0.39, 0.29) is 11.7 Å². The Morgan fingerprint density at radius 2 is 2.17 bits per heavy atom. The third-order valence-electron chi connectivity index (χ3n) is 3.41. The Balaban J connectivity index is 1.76. The molecule has 5 nitrogen and oxygen atoms in total. The molecule has 116 valence electrons. The van der Waals surface area contributed by atoms with Crippen LogP contribution in [0.2, 0.25) is 0 Å². The van der Waals surface area contributed by atoms with E-state index >= 15 is 0 Å². The molecule has 0 fully saturated rings. The highest BCUT2D eigenvalue weighted by molar-refractivity contribution is 6.02. The number of anilines is 1. The predicted molar refractivity (Wildman–Crippen MR) is 87.3 cm³/mol. The fourth-order valence-electron chi connectivity index (χ4n) is 2.34. The van der Waals surface area contributed by atoms with Gasteiger partial charge in [-0.25, -0.2) is 9.37 Å². The minimum atomic E-state index is -0.339. The van der Waals surface area contributed by atoms with Crippen molar-refractivity contribution >= 4 is 28.7 Å². The number of carbonyl (C=O) groups excluding carboxylic acids is 1. The number of pyridine rings is 1. The summed E-state index contributed by atoms with van der Waals surface area (Å²) in [5.74, 6) is -0.647. The normalized spacial score (nSPS) is 11.3. The molecule has 2 heterocycles. The molecule has 3 aromatic rings. The van der Waals surface area contributed by atoms with Gasteiger partial charge in [0.2, 0.25) is 5.91 Å². The number of aryl methyl sites for hydroxylation is 2. The summed E-state index contributed by atoms with van der Waals surface area (Å²) in [5, 5.41) is 7.91. The first-order valence-corrected chi connectivity index (χ1v) is 7.07. The van der Waals surface area contributed by atoms with Crippen molar-refractivity contribution in [2.24, 2.45) is 7.05 Å². The average Bonchev–Trinajstić information content (AvgIpc) is 2.80. The van der Waals surface area contributed by atoms with Gasteiger partial charge in [-0.2, -0.15) is 5.10 Å². The number of fused-ring (bicyclic) bond motifs is 1. The molecule has 0 bridgehead atoms. The van der Waals surface area contributed by atoms with Gasteiger partial charge in [0.15, 0.2) is 5.65 Å². The highest BCUT2D eigenvalue weighted by Crippen LogP contribution is 2.19. The van der Waals surface area contributed by atoms with E-state index in [0.717, 1.165) is 16.7 Å². The number of halogens is 1. The first-order valence-electron chi connectivity index (χ1n) is 7.07. The number of rotatable bonds is 3. The summed E-state index contributed by atoms with van der Waals surface area (Å²) in [7, 11) is 1.82. The molecule has 2 aromatic heterocycles. The van der Waals surface area contributed by atoms with Crippen molar-refractivity contribution in [1.82, 2.24) is 14.8 Å². The van der Waals surface area contributed by atoms with Crippen LogP contribution in [0.15, 0.2) is 42.6 Å². The first-order chi connectivity index (χ1) is 11.0. The van der Waals surface area contributed by atoms with E-state index in [1.165, 1.54) is 18.2 Å². The van der Waals surface area contributed by atoms with Crippen molar-refractivity contribution in [2.45, 2.75) is 6.92 Å². The van der Waals surface area contributed by atoms with Gasteiger partial charge in [-0.15, -0.1) is 0 Å². The molecule has 0 saturated carbocycles. The van der Waals surface area contributed by atoms with E-state index in [1.807, 2.05) is 20.0 Å². The number of nitrogens with one attached hydrogen (secondary N) is 1. The summed E-state index contributed by atoms with van der Waals surface area (Å²) >= 11 is 0. The number of carbonyl (C=O) groups is 1. The lowest BCUT2D eigenvalue weighted by Crippen LogP contribution is -2.08. The number of amides is 1. The van der Waals surface area contributed by atoms with E-state index in [0.29, 0.717) is 11.3 Å². The third kappa shape index (κ3) is 3.26. The molecule has 3 rings (SSSR count). The van der Waals surface area contributed by atoms with Crippen LogP contribution in [-0.4, -0.2) is 20.7 Å². The smallest absolute Gasteiger partial charge is 0.248 e. The Labute approximate surface area is 132 Å². The van der Waals surface area contributed by atoms with Crippen molar-refractivity contribution in [2.75, 3.05) is 5.32 Å². The van der Waals surface area contributed by atoms with Gasteiger partial charge in [0, 0.05) is 18.5 Å². The van der Waals surface area contributed by atoms with E-state index in [1.54, 1.807) is 29.1 Å². The van der Waals surface area contributed by atoms with Gasteiger partial charge >= 0.3 is 0 Å². The molecular weight excluding hydrogens is 295 g/mol. The van der Waals surface area contributed by atoms with Crippen LogP contribution in [0.3, 0.4) is 0 Å². The molecule has 6 heteroatoms. The zero-order chi connectivity index (χ0) is 16.4. The first kappa shape index (κ1) is 14.9. The molecule has 0 aliphatic heterocycles. The Hall–Kier alpha value is -3.02. The summed E-state index contributed by atoms with van der Waals surface area (Å²) in [6, 6.07) is 7.86. The molecule has 0 atom stereocenters. The third-order valence-corrected chi connectivity index (χ3v) is 3.41. The second-order valence-corrected chi connectivity index (χ2v) is 5.18. The van der Waals surface area contributed by atoms with E-state index in [4.69, 9.17) is 0 Å². The molecule has 0 aliphatic carbocycles. The maximum Gasteiger partial charge on any atom is 0.248 e. The molecule has 0 unspecified atom stereocenters. The second kappa shape index (κ2) is 6.00. The molecule has 1 N–H and O–H groups in total. The summed E-state index contributed by atoms with van der Waals surface area (Å²) in [6.45, 7) is 1.89. The van der Waals surface area contributed by atoms with Crippen molar-refractivity contribution < 1.29 is 9.18 Å². The summed E-state index contributed by atoms with van der Waals surface area (Å²) < 4.78 is 14.8. The Kier molecular flexibility index (Phi) is 3.89. The number of benzene rings is 1. The van der Waals surface area contributed by atoms with Gasteiger partial charge in [-0.1, -0.05) is 12.1 Å². The van der Waals surface area contributed by atoms with Crippen molar-refractivity contribution in [3.8, 4) is 0 Å². The van der Waals surface area contributed by atoms with Crippen molar-refractivity contribution in [3.63, 3.8) is 0 Å². The largest absolute Gasteiger partial charge is 0.321 e. The quantitative estimate of drug-likeness (QED) is 0.756. The van der Waals surface area contributed by atoms with Crippen LogP contribution < -0.4 is 5.32 Å². The van der Waals surface area contributed by atoms with Gasteiger partial charge < -0.3 is 5.32 Å². The lowest BCUT2D eigenvalue weighted by molar-refractivity contribution is -0.111. The molecule has 1 amide bonds. The molecule has 0 aliphatic rings. The Morgan fingerprint density at radius 1 is 1.35 bits per heavy atom. The molecule has 1 aromatic carbocycles. The summed E-state index contributed by atoms with van der Waals surface area (Å²) in [4.78, 5) is 16.3. The summed E-state index contributed by atoms with van der Waals surface area (Å²) in [5.41, 5.74) is 2.82. The predicted octanol–water partition coefficient (Wildman–Crippen LogP) is 3.07. The highest BCUT2D eigenvalue weighted by atomic mass is 19.1. The molecule has 0 spiro atoms. The number of nitrogens with zero attached hydrogens (tertiary/aromatic N) is 3. The van der Waals surface area contributed by atoms with Gasteiger partial charge in [-0.3, -0.25) is 9.48 Å². The number of aromatic nitrogens is 3. The fraction of sp³-hybridized carbons (Fsp3) is 0.118. The zero-order valence-corrected chi connectivity index (χ0v) is 12.7. The molecular formula is C17H15FN4O. The highest BCUT2D eigenvalue weighted by Gasteiger charge is 2.07. The van der Waals surface area contributed by atoms with Gasteiger partial charge in [0.25, 0.3) is 0 Å². The van der Waals surface area contributed by atoms with Crippen LogP contribution in [0.5, 0.6) is 0 Å². The standard InChI is InChI=1S/C17H15FN4O/c1-11-15-9-14(10-19-17(15)22(2)21-11)20-16(23)7-6-12-4-3-5-13(18)8-12/h3-10H,1-2H3,(H,20,23)/b7-6+. The second-order valence-electron chi connectivity index (χ2n) is 5.18. The van der Waals surface area contributed by atoms with E-state index in [9.17, 15) is 9.18 Å². The van der Waals surface area contributed by atoms with Crippen LogP contribution in [0, 0.1) is 12.7 Å². The van der Waals surface area contributed by atoms with Crippen LogP contribution in [0.25, 0.3) is 17.1 Å². The average molecular weight is 310 g/mol. The zero-order valence-electron chi connectivity index (χ0n) is 12.7. The van der Waals surface area contributed by atoms with Gasteiger partial charge in [-0.05, 0) is 36.8 Å². The molecule has 0 radical (unpaired) electrons. The van der Waals surface area contributed by atoms with Crippen LogP contribution in [0.1, 0.15) is 11.3 Å². The van der Waals surface area contributed by atoms with Crippen molar-refractivity contribution in [3.05, 3.63) is 59.7 Å². The fourth-order valence-corrected chi connectivity index (χ4v) is 2.34. The van der Waals surface area contributed by atoms with Crippen LogP contribution in [-0.2, 0) is 11.8 Å². The van der Waals surface area contributed by atoms with Gasteiger partial charge in [0.1, 0.15) is 5.82 Å². The monoisotopic (exact) mass is 310 g/mol. The maximum absolute atomic E-state index is 13.1. The maximum atomic E-state index is 13.1. The minimum Gasteiger partial charge on any atom is -0.321 e. The Bertz CT molecular complexity index is 914. The SMILES string of the molecule is Cc1nn(C)c2ncc(NC(=O)/C=C/c3cccc(F)c3)cc12. The lowest BCUT2D eigenvalue weighted by atomic mass is 10.2. The van der Waals surface area contributed by atoms with Crippen molar-refractivity contribution in [1.29, 1.82) is 0 Å². The number of hydrogen-bond acceptors (Lipinski definition) is 3. The van der Waals surface area contributed by atoms with E-state index in [2.05, 4.69) is 15.4 Å². The van der Waals surface area contributed by atoms with E-state index < -0.39 is 0 Å². The van der Waals surface area contributed by atoms with Crippen LogP contribution >= 0.6 is 0 Å². The summed E-state index contributed by atoms with van der Waals surface area (Å²) in [6.07, 6.45) is 4.49. The lowest BCUT2D eigenvalue weighted by Gasteiger charge is -2.02. The minimum absolute atomic E-state index is 0.308. The van der Waals surface area contributed by atoms with Crippen LogP contribution in [0.4, 0.5) is 10.1 Å². The number of hydrogen-bond donors (Lipinski definition) is 1.